The Morgan fingerprint density at radius 2 is 1.81 bits per heavy atom. The predicted molar refractivity (Wildman–Crippen MR) is 122 cm³/mol. The molecular weight excluding hydrogens is 436 g/mol. The summed E-state index contributed by atoms with van der Waals surface area (Å²) in [5.74, 6) is 0.133. The summed E-state index contributed by atoms with van der Waals surface area (Å²) in [4.78, 5) is 38.8. The van der Waals surface area contributed by atoms with Crippen LogP contribution in [0.4, 0.5) is 17.1 Å². The summed E-state index contributed by atoms with van der Waals surface area (Å²) < 4.78 is 5.43. The van der Waals surface area contributed by atoms with Crippen molar-refractivity contribution in [3.05, 3.63) is 57.6 Å². The highest BCUT2D eigenvalue weighted by molar-refractivity contribution is 6.31. The fourth-order valence-electron chi connectivity index (χ4n) is 3.45. The van der Waals surface area contributed by atoms with E-state index in [1.165, 1.54) is 24.3 Å². The van der Waals surface area contributed by atoms with Gasteiger partial charge in [0.1, 0.15) is 5.75 Å². The molecule has 1 fully saturated rings. The van der Waals surface area contributed by atoms with Gasteiger partial charge >= 0.3 is 0 Å². The van der Waals surface area contributed by atoms with Crippen molar-refractivity contribution >= 4 is 40.5 Å². The third kappa shape index (κ3) is 6.10. The molecule has 0 aromatic heterocycles. The fraction of sp³-hybridized carbons (Fsp3) is 0.364. The van der Waals surface area contributed by atoms with Gasteiger partial charge in [0.2, 0.25) is 5.91 Å². The molecule has 0 aliphatic carbocycles. The van der Waals surface area contributed by atoms with Crippen molar-refractivity contribution in [1.29, 1.82) is 0 Å². The number of nitro groups is 1. The van der Waals surface area contributed by atoms with Gasteiger partial charge in [-0.2, -0.15) is 0 Å². The zero-order chi connectivity index (χ0) is 23.1. The summed E-state index contributed by atoms with van der Waals surface area (Å²) in [6.07, 6.45) is 1.38. The van der Waals surface area contributed by atoms with Crippen molar-refractivity contribution in [2.24, 2.45) is 0 Å². The molecule has 2 amide bonds. The lowest BCUT2D eigenvalue weighted by atomic mass is 10.2. The van der Waals surface area contributed by atoms with E-state index in [9.17, 15) is 19.7 Å². The Balaban J connectivity index is 1.60. The third-order valence-corrected chi connectivity index (χ3v) is 5.32. The van der Waals surface area contributed by atoms with Crippen molar-refractivity contribution in [3.8, 4) is 5.75 Å². The summed E-state index contributed by atoms with van der Waals surface area (Å²) in [5.41, 5.74) is 1.32. The summed E-state index contributed by atoms with van der Waals surface area (Å²) >= 11 is 6.14. The van der Waals surface area contributed by atoms with Gasteiger partial charge in [0.25, 0.3) is 11.6 Å². The van der Waals surface area contributed by atoms with Crippen LogP contribution in [-0.4, -0.2) is 54.4 Å². The van der Waals surface area contributed by atoms with Crippen LogP contribution in [0, 0.1) is 10.1 Å². The van der Waals surface area contributed by atoms with E-state index in [0.717, 1.165) is 12.1 Å². The SMILES string of the molecule is CCCC(=O)N1CCN(c2ccc(Cl)cc2NC(=O)COc2ccc([N+](=O)[O-])cc2)CC1. The Kier molecular flexibility index (Phi) is 7.88. The summed E-state index contributed by atoms with van der Waals surface area (Å²) in [6, 6.07) is 10.8. The van der Waals surface area contributed by atoms with Crippen LogP contribution in [-0.2, 0) is 9.59 Å². The normalized spacial score (nSPS) is 13.6. The van der Waals surface area contributed by atoms with Crippen LogP contribution in [0.3, 0.4) is 0 Å². The van der Waals surface area contributed by atoms with E-state index in [2.05, 4.69) is 10.2 Å². The maximum atomic E-state index is 12.5. The number of carbonyl (C=O) groups excluding carboxylic acids is 2. The highest BCUT2D eigenvalue weighted by atomic mass is 35.5. The van der Waals surface area contributed by atoms with Crippen molar-refractivity contribution in [2.75, 3.05) is 43.0 Å². The second kappa shape index (κ2) is 10.8. The minimum Gasteiger partial charge on any atom is -0.484 e. The second-order valence-corrected chi connectivity index (χ2v) is 7.80. The van der Waals surface area contributed by atoms with Gasteiger partial charge in [-0.1, -0.05) is 18.5 Å². The number of benzene rings is 2. The number of non-ortho nitro benzene ring substituents is 1. The monoisotopic (exact) mass is 460 g/mol. The number of rotatable bonds is 8. The number of carbonyl (C=O) groups is 2. The molecule has 1 aliphatic heterocycles. The molecule has 1 heterocycles. The highest BCUT2D eigenvalue weighted by Gasteiger charge is 2.23. The quantitative estimate of drug-likeness (QED) is 0.475. The van der Waals surface area contributed by atoms with Gasteiger partial charge < -0.3 is 19.9 Å². The Morgan fingerprint density at radius 3 is 2.44 bits per heavy atom. The molecule has 170 valence electrons. The van der Waals surface area contributed by atoms with Gasteiger partial charge in [-0.3, -0.25) is 19.7 Å². The van der Waals surface area contributed by atoms with Gasteiger partial charge in [0.15, 0.2) is 6.61 Å². The molecule has 1 N–H and O–H groups in total. The van der Waals surface area contributed by atoms with Crippen molar-refractivity contribution in [1.82, 2.24) is 4.90 Å². The summed E-state index contributed by atoms with van der Waals surface area (Å²) in [5, 5.41) is 14.0. The first-order valence-corrected chi connectivity index (χ1v) is 10.7. The Hall–Kier alpha value is -3.33. The first kappa shape index (κ1) is 23.3. The number of amides is 2. The van der Waals surface area contributed by atoms with Crippen LogP contribution in [0.5, 0.6) is 5.75 Å². The van der Waals surface area contributed by atoms with Crippen LogP contribution < -0.4 is 15.0 Å². The Morgan fingerprint density at radius 1 is 1.12 bits per heavy atom. The molecule has 0 atom stereocenters. The largest absolute Gasteiger partial charge is 0.484 e. The zero-order valence-electron chi connectivity index (χ0n) is 17.8. The highest BCUT2D eigenvalue weighted by Crippen LogP contribution is 2.30. The molecular formula is C22H25ClN4O5. The average molecular weight is 461 g/mol. The molecule has 2 aromatic rings. The first-order valence-electron chi connectivity index (χ1n) is 10.4. The van der Waals surface area contributed by atoms with E-state index in [4.69, 9.17) is 16.3 Å². The topological polar surface area (TPSA) is 105 Å². The third-order valence-electron chi connectivity index (χ3n) is 5.09. The molecule has 10 heteroatoms. The summed E-state index contributed by atoms with van der Waals surface area (Å²) in [6.45, 7) is 4.28. The Bertz CT molecular complexity index is 975. The number of ether oxygens (including phenoxy) is 1. The number of nitrogens with zero attached hydrogens (tertiary/aromatic N) is 3. The minimum atomic E-state index is -0.503. The standard InChI is InChI=1S/C22H25ClN4O5/c1-2-3-22(29)26-12-10-25(11-13-26)20-9-4-16(23)14-19(20)24-21(28)15-32-18-7-5-17(6-8-18)27(30)31/h4-9,14H,2-3,10-13,15H2,1H3,(H,24,28). The number of piperazine rings is 1. The number of halogens is 1. The van der Waals surface area contributed by atoms with Gasteiger partial charge in [-0.15, -0.1) is 0 Å². The van der Waals surface area contributed by atoms with Crippen molar-refractivity contribution in [3.63, 3.8) is 0 Å². The molecule has 0 radical (unpaired) electrons. The lowest BCUT2D eigenvalue weighted by molar-refractivity contribution is -0.384. The average Bonchev–Trinajstić information content (AvgIpc) is 2.78. The van der Waals surface area contributed by atoms with E-state index >= 15 is 0 Å². The van der Waals surface area contributed by atoms with Crippen LogP contribution >= 0.6 is 11.6 Å². The number of anilines is 2. The summed E-state index contributed by atoms with van der Waals surface area (Å²) in [7, 11) is 0. The maximum Gasteiger partial charge on any atom is 0.269 e. The number of nitro benzene ring substituents is 1. The van der Waals surface area contributed by atoms with Gasteiger partial charge in [-0.05, 0) is 36.8 Å². The van der Waals surface area contributed by atoms with E-state index < -0.39 is 4.92 Å². The van der Waals surface area contributed by atoms with Crippen LogP contribution in [0.1, 0.15) is 19.8 Å². The molecule has 9 nitrogen and oxygen atoms in total. The number of hydrogen-bond acceptors (Lipinski definition) is 6. The van der Waals surface area contributed by atoms with Crippen LogP contribution in [0.25, 0.3) is 0 Å². The van der Waals surface area contributed by atoms with E-state index in [1.807, 2.05) is 17.9 Å². The van der Waals surface area contributed by atoms with Crippen molar-refractivity contribution < 1.29 is 19.2 Å². The van der Waals surface area contributed by atoms with Crippen LogP contribution in [0.2, 0.25) is 5.02 Å². The number of hydrogen-bond donors (Lipinski definition) is 1. The predicted octanol–water partition coefficient (Wildman–Crippen LogP) is 3.71. The fourth-order valence-corrected chi connectivity index (χ4v) is 3.62. The molecule has 0 saturated carbocycles. The first-order chi connectivity index (χ1) is 15.4. The van der Waals surface area contributed by atoms with Crippen LogP contribution in [0.15, 0.2) is 42.5 Å². The molecule has 1 saturated heterocycles. The zero-order valence-corrected chi connectivity index (χ0v) is 18.5. The molecule has 0 bridgehead atoms. The lowest BCUT2D eigenvalue weighted by Crippen LogP contribution is -2.49. The van der Waals surface area contributed by atoms with E-state index in [0.29, 0.717) is 49.1 Å². The van der Waals surface area contributed by atoms with Gasteiger partial charge in [-0.25, -0.2) is 0 Å². The molecule has 32 heavy (non-hydrogen) atoms. The lowest BCUT2D eigenvalue weighted by Gasteiger charge is -2.37. The van der Waals surface area contributed by atoms with Gasteiger partial charge in [0, 0.05) is 49.8 Å². The smallest absolute Gasteiger partial charge is 0.269 e. The molecule has 3 rings (SSSR count). The maximum absolute atomic E-state index is 12.5. The minimum absolute atomic E-state index is 0.0538. The number of nitrogens with one attached hydrogen (secondary N) is 1. The van der Waals surface area contributed by atoms with Gasteiger partial charge in [0.05, 0.1) is 16.3 Å². The van der Waals surface area contributed by atoms with Crippen molar-refractivity contribution in [2.45, 2.75) is 19.8 Å². The van der Waals surface area contributed by atoms with E-state index in [-0.39, 0.29) is 24.1 Å². The Labute approximate surface area is 191 Å². The molecule has 2 aromatic carbocycles. The molecule has 1 aliphatic rings. The molecule has 0 spiro atoms. The second-order valence-electron chi connectivity index (χ2n) is 7.37. The molecule has 0 unspecified atom stereocenters. The van der Waals surface area contributed by atoms with E-state index in [1.54, 1.807) is 12.1 Å².